The van der Waals surface area contributed by atoms with E-state index in [1.807, 2.05) is 6.07 Å². The first-order chi connectivity index (χ1) is 9.06. The van der Waals surface area contributed by atoms with E-state index in [9.17, 15) is 4.79 Å². The highest BCUT2D eigenvalue weighted by molar-refractivity contribution is 7.16. The summed E-state index contributed by atoms with van der Waals surface area (Å²) in [5.74, 6) is 0.558. The van der Waals surface area contributed by atoms with E-state index >= 15 is 0 Å². The van der Waals surface area contributed by atoms with Crippen LogP contribution in [-0.4, -0.2) is 19.0 Å². The lowest BCUT2D eigenvalue weighted by Gasteiger charge is -2.23. The van der Waals surface area contributed by atoms with Gasteiger partial charge in [0.05, 0.1) is 10.9 Å². The van der Waals surface area contributed by atoms with Gasteiger partial charge in [-0.2, -0.15) is 0 Å². The van der Waals surface area contributed by atoms with E-state index in [1.54, 1.807) is 11.3 Å². The summed E-state index contributed by atoms with van der Waals surface area (Å²) in [4.78, 5) is 13.1. The molecule has 0 aromatic carbocycles. The van der Waals surface area contributed by atoms with E-state index in [0.29, 0.717) is 12.5 Å². The Morgan fingerprint density at radius 3 is 3.11 bits per heavy atom. The Bertz CT molecular complexity index is 445. The van der Waals surface area contributed by atoms with Crippen LogP contribution in [0.1, 0.15) is 43.2 Å². The fourth-order valence-electron chi connectivity index (χ4n) is 2.33. The minimum absolute atomic E-state index is 0.0714. The lowest BCUT2D eigenvalue weighted by Crippen LogP contribution is -2.37. The summed E-state index contributed by atoms with van der Waals surface area (Å²) in [5, 5.41) is 6.28. The van der Waals surface area contributed by atoms with Crippen LogP contribution < -0.4 is 10.6 Å². The first-order valence-corrected chi connectivity index (χ1v) is 8.04. The predicted molar refractivity (Wildman–Crippen MR) is 80.9 cm³/mol. The van der Waals surface area contributed by atoms with Gasteiger partial charge in [-0.1, -0.05) is 25.4 Å². The zero-order valence-corrected chi connectivity index (χ0v) is 13.0. The maximum atomic E-state index is 11.7. The Balaban J connectivity index is 1.85. The second-order valence-electron chi connectivity index (χ2n) is 5.45. The van der Waals surface area contributed by atoms with E-state index in [4.69, 9.17) is 11.6 Å². The van der Waals surface area contributed by atoms with Crippen LogP contribution >= 0.6 is 22.9 Å². The molecular formula is C14H21ClN2OS. The Morgan fingerprint density at radius 1 is 1.58 bits per heavy atom. The molecule has 2 rings (SSSR count). The normalized spacial score (nSPS) is 18.4. The van der Waals surface area contributed by atoms with Gasteiger partial charge < -0.3 is 10.6 Å². The maximum Gasteiger partial charge on any atom is 0.233 e. The molecule has 2 N–H and O–H groups in total. The number of carbonyl (C=O) groups excluding carboxylic acids is 1. The van der Waals surface area contributed by atoms with Gasteiger partial charge in [0.15, 0.2) is 0 Å². The van der Waals surface area contributed by atoms with E-state index in [-0.39, 0.29) is 11.9 Å². The van der Waals surface area contributed by atoms with Gasteiger partial charge in [-0.25, -0.2) is 0 Å². The van der Waals surface area contributed by atoms with Crippen LogP contribution in [0.2, 0.25) is 4.34 Å². The van der Waals surface area contributed by atoms with Crippen molar-refractivity contribution in [2.24, 2.45) is 5.92 Å². The van der Waals surface area contributed by atoms with Crippen LogP contribution in [0.15, 0.2) is 6.07 Å². The maximum absolute atomic E-state index is 11.7. The zero-order valence-electron chi connectivity index (χ0n) is 11.5. The number of amides is 1. The van der Waals surface area contributed by atoms with Crippen molar-refractivity contribution in [3.8, 4) is 0 Å². The number of hydrogen-bond acceptors (Lipinski definition) is 3. The SMILES string of the molecule is CC(C)CNC(=O)CNC1CCCc2sc(Cl)cc21. The molecule has 1 aliphatic carbocycles. The number of thiophene rings is 1. The zero-order chi connectivity index (χ0) is 13.8. The Hall–Kier alpha value is -0.580. The van der Waals surface area contributed by atoms with E-state index < -0.39 is 0 Å². The molecule has 1 unspecified atom stereocenters. The number of rotatable bonds is 5. The van der Waals surface area contributed by atoms with Crippen molar-refractivity contribution in [1.82, 2.24) is 10.6 Å². The van der Waals surface area contributed by atoms with Crippen LogP contribution in [0, 0.1) is 5.92 Å². The first kappa shape index (κ1) is 14.8. The van der Waals surface area contributed by atoms with Crippen molar-refractivity contribution in [1.29, 1.82) is 0 Å². The third-order valence-electron chi connectivity index (χ3n) is 3.30. The molecule has 0 saturated heterocycles. The molecule has 0 aliphatic heterocycles. The standard InChI is InChI=1S/C14H21ClN2OS/c1-9(2)7-17-14(18)8-16-11-4-3-5-12-10(11)6-13(15)19-12/h6,9,11,16H,3-5,7-8H2,1-2H3,(H,17,18). The summed E-state index contributed by atoms with van der Waals surface area (Å²) >= 11 is 7.74. The molecule has 0 radical (unpaired) electrons. The summed E-state index contributed by atoms with van der Waals surface area (Å²) in [6.07, 6.45) is 3.36. The van der Waals surface area contributed by atoms with Gasteiger partial charge >= 0.3 is 0 Å². The minimum atomic E-state index is 0.0714. The molecule has 0 saturated carbocycles. The van der Waals surface area contributed by atoms with Gasteiger partial charge in [0, 0.05) is 17.5 Å². The highest BCUT2D eigenvalue weighted by atomic mass is 35.5. The molecule has 0 fully saturated rings. The van der Waals surface area contributed by atoms with Crippen LogP contribution in [0.3, 0.4) is 0 Å². The fraction of sp³-hybridized carbons (Fsp3) is 0.643. The molecule has 1 atom stereocenters. The van der Waals surface area contributed by atoms with Crippen molar-refractivity contribution in [2.45, 2.75) is 39.2 Å². The number of aryl methyl sites for hydroxylation is 1. The number of carbonyl (C=O) groups is 1. The third-order valence-corrected chi connectivity index (χ3v) is 4.64. The Morgan fingerprint density at radius 2 is 2.37 bits per heavy atom. The topological polar surface area (TPSA) is 41.1 Å². The number of hydrogen-bond donors (Lipinski definition) is 2. The predicted octanol–water partition coefficient (Wildman–Crippen LogP) is 3.14. The first-order valence-electron chi connectivity index (χ1n) is 6.84. The van der Waals surface area contributed by atoms with Gasteiger partial charge in [0.25, 0.3) is 0 Å². The molecule has 1 aromatic rings. The van der Waals surface area contributed by atoms with Gasteiger partial charge in [-0.15, -0.1) is 11.3 Å². The smallest absolute Gasteiger partial charge is 0.233 e. The van der Waals surface area contributed by atoms with Gasteiger partial charge in [-0.3, -0.25) is 4.79 Å². The summed E-state index contributed by atoms with van der Waals surface area (Å²) < 4.78 is 0.850. The van der Waals surface area contributed by atoms with Gasteiger partial charge in [-0.05, 0) is 36.8 Å². The van der Waals surface area contributed by atoms with Crippen molar-refractivity contribution < 1.29 is 4.79 Å². The summed E-state index contributed by atoms with van der Waals surface area (Å²) in [6, 6.07) is 2.32. The third kappa shape index (κ3) is 4.20. The van der Waals surface area contributed by atoms with E-state index in [0.717, 1.165) is 30.1 Å². The molecule has 1 heterocycles. The summed E-state index contributed by atoms with van der Waals surface area (Å²) in [6.45, 7) is 5.30. The average Bonchev–Trinajstić information content (AvgIpc) is 2.74. The van der Waals surface area contributed by atoms with Crippen molar-refractivity contribution in [2.75, 3.05) is 13.1 Å². The van der Waals surface area contributed by atoms with E-state index in [1.165, 1.54) is 10.4 Å². The second-order valence-corrected chi connectivity index (χ2v) is 7.22. The van der Waals surface area contributed by atoms with Crippen LogP contribution in [-0.2, 0) is 11.2 Å². The summed E-state index contributed by atoms with van der Waals surface area (Å²) in [7, 11) is 0. The average molecular weight is 301 g/mol. The quantitative estimate of drug-likeness (QED) is 0.877. The van der Waals surface area contributed by atoms with E-state index in [2.05, 4.69) is 24.5 Å². The van der Waals surface area contributed by atoms with Gasteiger partial charge in [0.2, 0.25) is 5.91 Å². The largest absolute Gasteiger partial charge is 0.355 e. The molecule has 1 aromatic heterocycles. The second kappa shape index (κ2) is 6.73. The van der Waals surface area contributed by atoms with Crippen LogP contribution in [0.4, 0.5) is 0 Å². The molecule has 19 heavy (non-hydrogen) atoms. The van der Waals surface area contributed by atoms with Crippen molar-refractivity contribution in [3.05, 3.63) is 20.8 Å². The Labute approximate surface area is 123 Å². The van der Waals surface area contributed by atoms with Crippen LogP contribution in [0.25, 0.3) is 0 Å². The fourth-order valence-corrected chi connectivity index (χ4v) is 3.71. The minimum Gasteiger partial charge on any atom is -0.355 e. The number of halogens is 1. The van der Waals surface area contributed by atoms with Gasteiger partial charge in [0.1, 0.15) is 0 Å². The van der Waals surface area contributed by atoms with Crippen molar-refractivity contribution >= 4 is 28.8 Å². The molecule has 0 bridgehead atoms. The number of nitrogens with one attached hydrogen (secondary N) is 2. The molecule has 3 nitrogen and oxygen atoms in total. The molecule has 0 spiro atoms. The number of fused-ring (bicyclic) bond motifs is 1. The molecule has 5 heteroatoms. The monoisotopic (exact) mass is 300 g/mol. The Kier molecular flexibility index (Phi) is 5.25. The highest BCUT2D eigenvalue weighted by Gasteiger charge is 2.22. The molecule has 1 amide bonds. The molecule has 106 valence electrons. The highest BCUT2D eigenvalue weighted by Crippen LogP contribution is 2.37. The molecular weight excluding hydrogens is 280 g/mol. The molecule has 1 aliphatic rings. The summed E-state index contributed by atoms with van der Waals surface area (Å²) in [5.41, 5.74) is 1.29. The van der Waals surface area contributed by atoms with Crippen LogP contribution in [0.5, 0.6) is 0 Å². The lowest BCUT2D eigenvalue weighted by molar-refractivity contribution is -0.120. The van der Waals surface area contributed by atoms with Crippen molar-refractivity contribution in [3.63, 3.8) is 0 Å². The lowest BCUT2D eigenvalue weighted by atomic mass is 9.94.